The molecule has 9 heterocycles. The molecule has 3 unspecified atom stereocenters. The van der Waals surface area contributed by atoms with Gasteiger partial charge in [-0.05, 0) is 171 Å². The summed E-state index contributed by atoms with van der Waals surface area (Å²) in [6.07, 6.45) is 18.3. The lowest BCUT2D eigenvalue weighted by atomic mass is 9.82. The van der Waals surface area contributed by atoms with Gasteiger partial charge < -0.3 is 29.9 Å². The molecule has 0 saturated carbocycles. The van der Waals surface area contributed by atoms with Crippen LogP contribution in [0.25, 0.3) is 44.0 Å². The minimum absolute atomic E-state index is 0.0358. The van der Waals surface area contributed by atoms with Crippen molar-refractivity contribution in [2.75, 3.05) is 75.3 Å². The smallest absolute Gasteiger partial charge is 0.330 e. The number of benzene rings is 3. The number of piperidine rings is 4. The van der Waals surface area contributed by atoms with Crippen molar-refractivity contribution in [3.63, 3.8) is 0 Å². The number of amides is 2. The van der Waals surface area contributed by atoms with Gasteiger partial charge in [-0.15, -0.1) is 6.42 Å². The summed E-state index contributed by atoms with van der Waals surface area (Å²) in [6.45, 7) is 15.3. The van der Waals surface area contributed by atoms with Gasteiger partial charge in [0.1, 0.15) is 41.2 Å². The van der Waals surface area contributed by atoms with Gasteiger partial charge in [-0.25, -0.2) is 13.6 Å². The number of likely N-dealkylation sites (tertiary alicyclic amines) is 2. The lowest BCUT2D eigenvalue weighted by Gasteiger charge is -2.40. The van der Waals surface area contributed by atoms with Crippen LogP contribution in [0.4, 0.5) is 20.3 Å². The van der Waals surface area contributed by atoms with Crippen LogP contribution in [0.2, 0.25) is 0 Å². The Bertz CT molecular complexity index is 3370. The molecule has 3 aromatic carbocycles. The standard InChI is InChI=1S/C60H71F2N11O5/c1-5-45-48(61)10-6-40-27-44(74)29-46(53(40)45)55-54(62)56-47(30-63-55)57(71-32-41-7-8-42(33-71)64-41)67-59(66-56)78-34-36(4)69-22-16-38(17-23-69)26-37-14-20-68(21-15-37)31-39-18-24-70(25-19-39)43-9-11-49-51(28-43)72(35(2)3)60(77)73(49)50-12-13-52(75)65-58(50)76/h1,6,9-11,27-30,35-39,41-42,50,64,74H,7-8,12-26,31-34H2,2-4H3,(H,65,75,76)/t36-,41?,42?,50?/m0/s1. The van der Waals surface area contributed by atoms with Crippen LogP contribution in [0.5, 0.6) is 11.8 Å². The normalized spacial score (nSPS) is 22.8. The summed E-state index contributed by atoms with van der Waals surface area (Å²) in [5.74, 6) is 2.89. The Kier molecular flexibility index (Phi) is 14.4. The monoisotopic (exact) mass is 1060 g/mol. The third kappa shape index (κ3) is 10.1. The summed E-state index contributed by atoms with van der Waals surface area (Å²) in [7, 11) is 0. The number of phenolic OH excluding ortho intramolecular Hbond substituents is 1. The van der Waals surface area contributed by atoms with Crippen LogP contribution >= 0.6 is 0 Å². The average Bonchev–Trinajstić information content (AvgIpc) is 4.14. The van der Waals surface area contributed by atoms with Crippen molar-refractivity contribution in [3.8, 4) is 35.4 Å². The van der Waals surface area contributed by atoms with Gasteiger partial charge in [-0.1, -0.05) is 12.0 Å². The number of hydrogen-bond acceptors (Lipinski definition) is 13. The number of ether oxygens (including phenoxy) is 1. The molecule has 0 radical (unpaired) electrons. The van der Waals surface area contributed by atoms with E-state index >= 15 is 8.78 Å². The minimum atomic E-state index is -0.729. The van der Waals surface area contributed by atoms with Crippen LogP contribution in [-0.2, 0) is 9.59 Å². The Labute approximate surface area is 453 Å². The van der Waals surface area contributed by atoms with E-state index in [0.29, 0.717) is 66.6 Å². The highest BCUT2D eigenvalue weighted by Crippen LogP contribution is 2.40. The van der Waals surface area contributed by atoms with E-state index in [9.17, 15) is 19.5 Å². The highest BCUT2D eigenvalue weighted by atomic mass is 19.1. The molecule has 12 rings (SSSR count). The van der Waals surface area contributed by atoms with Crippen molar-refractivity contribution >= 4 is 56.0 Å². The van der Waals surface area contributed by atoms with E-state index in [1.807, 2.05) is 19.9 Å². The Morgan fingerprint density at radius 1 is 0.821 bits per heavy atom. The summed E-state index contributed by atoms with van der Waals surface area (Å²) >= 11 is 0. The number of aromatic hydroxyl groups is 1. The number of imide groups is 1. The molecule has 6 aliphatic heterocycles. The van der Waals surface area contributed by atoms with Crippen LogP contribution in [0.1, 0.15) is 109 Å². The second-order valence-electron chi connectivity index (χ2n) is 23.5. The number of imidazole rings is 1. The van der Waals surface area contributed by atoms with Crippen LogP contribution in [0, 0.1) is 41.7 Å². The van der Waals surface area contributed by atoms with Crippen LogP contribution < -0.4 is 30.9 Å². The Morgan fingerprint density at radius 3 is 2.24 bits per heavy atom. The second kappa shape index (κ2) is 21.5. The number of hydrogen-bond donors (Lipinski definition) is 3. The molecule has 0 spiro atoms. The molecule has 6 fully saturated rings. The highest BCUT2D eigenvalue weighted by molar-refractivity contribution is 6.03. The van der Waals surface area contributed by atoms with E-state index in [-0.39, 0.29) is 69.6 Å². The number of terminal acetylenes is 1. The van der Waals surface area contributed by atoms with Crippen molar-refractivity contribution in [1.29, 1.82) is 0 Å². The topological polar surface area (TPSA) is 166 Å². The van der Waals surface area contributed by atoms with Gasteiger partial charge >= 0.3 is 11.7 Å². The van der Waals surface area contributed by atoms with Gasteiger partial charge in [0.15, 0.2) is 5.82 Å². The molecule has 2 bridgehead atoms. The van der Waals surface area contributed by atoms with E-state index in [0.717, 1.165) is 107 Å². The SMILES string of the molecule is C#Cc1c(F)ccc2cc(O)cc(-c3ncc4c(N5CC6CCC(C5)N6)nc(OC[C@H](C)N5CCC(CC6CCN(CC7CCN(c8ccc9c(c8)n(C(C)C)c(=O)n9C8CCC(=O)NC8=O)CC7)CC6)CC5)nc4c3F)c12. The zero-order valence-corrected chi connectivity index (χ0v) is 45.0. The van der Waals surface area contributed by atoms with E-state index in [1.54, 1.807) is 15.3 Å². The van der Waals surface area contributed by atoms with Crippen molar-refractivity contribution in [2.24, 2.45) is 17.8 Å². The minimum Gasteiger partial charge on any atom is -0.508 e. The molecule has 6 saturated heterocycles. The number of piperazine rings is 1. The number of rotatable bonds is 13. The number of aromatic nitrogens is 5. The molecule has 3 aromatic heterocycles. The quantitative estimate of drug-likeness (QED) is 0.0755. The number of pyridine rings is 1. The van der Waals surface area contributed by atoms with Crippen molar-refractivity contribution in [3.05, 3.63) is 76.3 Å². The zero-order chi connectivity index (χ0) is 53.9. The fourth-order valence-corrected chi connectivity index (χ4v) is 13.9. The molecule has 18 heteroatoms. The number of nitrogens with zero attached hydrogens (tertiary/aromatic N) is 9. The third-order valence-electron chi connectivity index (χ3n) is 18.1. The predicted octanol–water partition coefficient (Wildman–Crippen LogP) is 7.92. The van der Waals surface area contributed by atoms with E-state index < -0.39 is 23.6 Å². The first-order valence-corrected chi connectivity index (χ1v) is 28.5. The summed E-state index contributed by atoms with van der Waals surface area (Å²) < 4.78 is 42.0. The number of nitrogens with one attached hydrogen (secondary N) is 2. The van der Waals surface area contributed by atoms with Crippen molar-refractivity contribution in [2.45, 2.75) is 122 Å². The molecule has 2 amide bonds. The van der Waals surface area contributed by atoms with Crippen LogP contribution in [-0.4, -0.2) is 134 Å². The second-order valence-corrected chi connectivity index (χ2v) is 23.5. The fourth-order valence-electron chi connectivity index (χ4n) is 13.9. The molecule has 6 aromatic rings. The van der Waals surface area contributed by atoms with Gasteiger partial charge in [-0.3, -0.25) is 33.9 Å². The maximum atomic E-state index is 17.1. The Morgan fingerprint density at radius 2 is 1.54 bits per heavy atom. The van der Waals surface area contributed by atoms with Gasteiger partial charge in [-0.2, -0.15) is 9.97 Å². The lowest BCUT2D eigenvalue weighted by molar-refractivity contribution is -0.135. The van der Waals surface area contributed by atoms with Crippen molar-refractivity contribution < 1.29 is 28.2 Å². The number of phenols is 1. The molecule has 410 valence electrons. The molecular formula is C60H71F2N11O5. The largest absolute Gasteiger partial charge is 0.508 e. The van der Waals surface area contributed by atoms with Gasteiger partial charge in [0.2, 0.25) is 11.8 Å². The van der Waals surface area contributed by atoms with Gasteiger partial charge in [0.05, 0.1) is 22.0 Å². The van der Waals surface area contributed by atoms with Crippen molar-refractivity contribution in [1.82, 2.24) is 44.5 Å². The number of fused-ring (bicyclic) bond motifs is 5. The maximum absolute atomic E-state index is 17.1. The molecule has 3 N–H and O–H groups in total. The van der Waals surface area contributed by atoms with E-state index in [2.05, 4.69) is 60.2 Å². The number of halogens is 2. The molecule has 0 aliphatic carbocycles. The molecule has 78 heavy (non-hydrogen) atoms. The lowest BCUT2D eigenvalue weighted by Crippen LogP contribution is -2.51. The Balaban J connectivity index is 0.637. The van der Waals surface area contributed by atoms with Gasteiger partial charge in [0.25, 0.3) is 0 Å². The molecule has 16 nitrogen and oxygen atoms in total. The van der Waals surface area contributed by atoms with Gasteiger partial charge in [0, 0.05) is 86.1 Å². The van der Waals surface area contributed by atoms with Crippen LogP contribution in [0.15, 0.2) is 53.5 Å². The highest BCUT2D eigenvalue weighted by Gasteiger charge is 2.36. The van der Waals surface area contributed by atoms with Crippen LogP contribution in [0.3, 0.4) is 0 Å². The maximum Gasteiger partial charge on any atom is 0.330 e. The summed E-state index contributed by atoms with van der Waals surface area (Å²) in [4.78, 5) is 62.5. The molecule has 4 atom stereocenters. The molecule has 6 aliphatic rings. The Hall–Kier alpha value is -6.68. The van der Waals surface area contributed by atoms with E-state index in [1.165, 1.54) is 43.5 Å². The first-order valence-electron chi connectivity index (χ1n) is 28.5. The number of anilines is 2. The zero-order valence-electron chi connectivity index (χ0n) is 45.0. The first kappa shape index (κ1) is 52.0. The fraction of sp³-hybridized carbons (Fsp3) is 0.533. The average molecular weight is 1060 g/mol. The van der Waals surface area contributed by atoms with E-state index in [4.69, 9.17) is 21.1 Å². The summed E-state index contributed by atoms with van der Waals surface area (Å²) in [6, 6.07) is 11.7. The number of carbonyl (C=O) groups is 2. The number of carbonyl (C=O) groups excluding carboxylic acids is 2. The third-order valence-corrected chi connectivity index (χ3v) is 18.1. The predicted molar refractivity (Wildman–Crippen MR) is 298 cm³/mol. The summed E-state index contributed by atoms with van der Waals surface area (Å²) in [5, 5.41) is 18.0. The first-order chi connectivity index (χ1) is 37.8. The molecular weight excluding hydrogens is 993 g/mol. The summed E-state index contributed by atoms with van der Waals surface area (Å²) in [5.41, 5.74) is 2.51.